The second-order valence-corrected chi connectivity index (χ2v) is 5.87. The van der Waals surface area contributed by atoms with Crippen molar-refractivity contribution in [1.29, 1.82) is 0 Å². The van der Waals surface area contributed by atoms with Gasteiger partial charge in [0.1, 0.15) is 23.4 Å². The Morgan fingerprint density at radius 2 is 1.85 bits per heavy atom. The minimum atomic E-state index is -0.765. The third kappa shape index (κ3) is 2.50. The molecule has 0 spiro atoms. The number of aliphatic hydroxyl groups is 1. The highest BCUT2D eigenvalue weighted by Crippen LogP contribution is 2.40. The standard InChI is InChI=1S/C16H19BrO3/c1-8-6-13(17)10(3)14(16(8)19-5)15(18)12-7-9(2)20-11(12)4/h6-7,15,18H,1-5H3. The van der Waals surface area contributed by atoms with Crippen molar-refractivity contribution >= 4 is 15.9 Å². The lowest BCUT2D eigenvalue weighted by Gasteiger charge is -2.20. The van der Waals surface area contributed by atoms with Crippen molar-refractivity contribution in [2.75, 3.05) is 7.11 Å². The number of aliphatic hydroxyl groups excluding tert-OH is 1. The molecule has 0 aliphatic heterocycles. The van der Waals surface area contributed by atoms with Gasteiger partial charge in [0.2, 0.25) is 0 Å². The zero-order valence-electron chi connectivity index (χ0n) is 12.4. The Bertz CT molecular complexity index is 644. The molecule has 1 heterocycles. The van der Waals surface area contributed by atoms with Crippen molar-refractivity contribution in [2.24, 2.45) is 0 Å². The summed E-state index contributed by atoms with van der Waals surface area (Å²) in [4.78, 5) is 0. The van der Waals surface area contributed by atoms with E-state index in [4.69, 9.17) is 9.15 Å². The molecule has 0 saturated heterocycles. The van der Waals surface area contributed by atoms with Gasteiger partial charge >= 0.3 is 0 Å². The molecule has 0 amide bonds. The first-order valence-corrected chi connectivity index (χ1v) is 7.24. The highest BCUT2D eigenvalue weighted by molar-refractivity contribution is 9.10. The minimum absolute atomic E-state index is 0.719. The van der Waals surface area contributed by atoms with E-state index in [0.29, 0.717) is 0 Å². The van der Waals surface area contributed by atoms with Crippen LogP contribution in [0.4, 0.5) is 0 Å². The van der Waals surface area contributed by atoms with E-state index in [0.717, 1.165) is 44.0 Å². The Labute approximate surface area is 127 Å². The van der Waals surface area contributed by atoms with Gasteiger partial charge in [0, 0.05) is 15.6 Å². The number of ether oxygens (including phenoxy) is 1. The maximum absolute atomic E-state index is 10.8. The van der Waals surface area contributed by atoms with Gasteiger partial charge in [-0.1, -0.05) is 15.9 Å². The van der Waals surface area contributed by atoms with Gasteiger partial charge in [-0.2, -0.15) is 0 Å². The summed E-state index contributed by atoms with van der Waals surface area (Å²) in [6.45, 7) is 7.66. The first-order chi connectivity index (χ1) is 9.36. The van der Waals surface area contributed by atoms with Crippen molar-refractivity contribution in [3.8, 4) is 5.75 Å². The number of benzene rings is 1. The molecule has 1 N–H and O–H groups in total. The quantitative estimate of drug-likeness (QED) is 0.903. The lowest BCUT2D eigenvalue weighted by molar-refractivity contribution is 0.211. The second kappa shape index (κ2) is 5.62. The SMILES string of the molecule is COc1c(C)cc(Br)c(C)c1C(O)c1cc(C)oc1C. The van der Waals surface area contributed by atoms with Crippen LogP contribution in [0.1, 0.15) is 39.9 Å². The Morgan fingerprint density at radius 3 is 2.35 bits per heavy atom. The van der Waals surface area contributed by atoms with E-state index in [1.54, 1.807) is 7.11 Å². The fraction of sp³-hybridized carbons (Fsp3) is 0.375. The van der Waals surface area contributed by atoms with Crippen LogP contribution in [0.2, 0.25) is 0 Å². The summed E-state index contributed by atoms with van der Waals surface area (Å²) in [7, 11) is 1.62. The molecule has 0 aliphatic rings. The minimum Gasteiger partial charge on any atom is -0.496 e. The van der Waals surface area contributed by atoms with Gasteiger partial charge < -0.3 is 14.3 Å². The van der Waals surface area contributed by atoms with Crippen LogP contribution in [0, 0.1) is 27.7 Å². The summed E-state index contributed by atoms with van der Waals surface area (Å²) in [6.07, 6.45) is -0.765. The fourth-order valence-electron chi connectivity index (χ4n) is 2.55. The van der Waals surface area contributed by atoms with Gasteiger partial charge in [0.15, 0.2) is 0 Å². The third-order valence-corrected chi connectivity index (χ3v) is 4.38. The maximum atomic E-state index is 10.8. The highest BCUT2D eigenvalue weighted by Gasteiger charge is 2.24. The van der Waals surface area contributed by atoms with E-state index in [-0.39, 0.29) is 0 Å². The number of methoxy groups -OCH3 is 1. The van der Waals surface area contributed by atoms with Crippen molar-refractivity contribution < 1.29 is 14.3 Å². The van der Waals surface area contributed by atoms with Gasteiger partial charge in [-0.15, -0.1) is 0 Å². The van der Waals surface area contributed by atoms with Gasteiger partial charge in [0.25, 0.3) is 0 Å². The molecule has 1 unspecified atom stereocenters. The van der Waals surface area contributed by atoms with Gasteiger partial charge in [0.05, 0.1) is 7.11 Å². The van der Waals surface area contributed by atoms with Crippen LogP contribution >= 0.6 is 15.9 Å². The van der Waals surface area contributed by atoms with Gasteiger partial charge in [-0.25, -0.2) is 0 Å². The van der Waals surface area contributed by atoms with E-state index >= 15 is 0 Å². The summed E-state index contributed by atoms with van der Waals surface area (Å²) in [5.41, 5.74) is 3.51. The number of aryl methyl sites for hydroxylation is 3. The molecule has 2 rings (SSSR count). The zero-order valence-corrected chi connectivity index (χ0v) is 14.0. The van der Waals surface area contributed by atoms with Crippen LogP contribution in [0.25, 0.3) is 0 Å². The number of hydrogen-bond acceptors (Lipinski definition) is 3. The van der Waals surface area contributed by atoms with Crippen molar-refractivity contribution in [3.63, 3.8) is 0 Å². The van der Waals surface area contributed by atoms with Crippen LogP contribution in [0.3, 0.4) is 0 Å². The van der Waals surface area contributed by atoms with Gasteiger partial charge in [-0.3, -0.25) is 0 Å². The monoisotopic (exact) mass is 338 g/mol. The molecule has 108 valence electrons. The molecule has 20 heavy (non-hydrogen) atoms. The molecule has 0 fully saturated rings. The largest absolute Gasteiger partial charge is 0.496 e. The second-order valence-electron chi connectivity index (χ2n) is 5.02. The normalized spacial score (nSPS) is 12.6. The molecule has 0 saturated carbocycles. The van der Waals surface area contributed by atoms with Crippen LogP contribution in [-0.4, -0.2) is 12.2 Å². The Morgan fingerprint density at radius 1 is 1.20 bits per heavy atom. The number of hydrogen-bond donors (Lipinski definition) is 1. The van der Waals surface area contributed by atoms with E-state index < -0.39 is 6.10 Å². The molecule has 3 nitrogen and oxygen atoms in total. The molecular weight excluding hydrogens is 320 g/mol. The van der Waals surface area contributed by atoms with Crippen molar-refractivity contribution in [3.05, 3.63) is 50.4 Å². The summed E-state index contributed by atoms with van der Waals surface area (Å²) in [6, 6.07) is 3.87. The Balaban J connectivity index is 2.65. The van der Waals surface area contributed by atoms with E-state index in [1.165, 1.54) is 0 Å². The highest BCUT2D eigenvalue weighted by atomic mass is 79.9. The average molecular weight is 339 g/mol. The molecule has 1 atom stereocenters. The molecule has 0 radical (unpaired) electrons. The number of halogens is 1. The van der Waals surface area contributed by atoms with E-state index in [9.17, 15) is 5.11 Å². The van der Waals surface area contributed by atoms with Crippen molar-refractivity contribution in [2.45, 2.75) is 33.8 Å². The predicted octanol–water partition coefficient (Wildman–Crippen LogP) is 4.37. The van der Waals surface area contributed by atoms with Crippen molar-refractivity contribution in [1.82, 2.24) is 0 Å². The van der Waals surface area contributed by atoms with Crippen LogP contribution in [0.5, 0.6) is 5.75 Å². The molecule has 1 aromatic carbocycles. The maximum Gasteiger partial charge on any atom is 0.128 e. The van der Waals surface area contributed by atoms with Crippen LogP contribution in [-0.2, 0) is 0 Å². The fourth-order valence-corrected chi connectivity index (χ4v) is 3.11. The average Bonchev–Trinajstić information content (AvgIpc) is 2.71. The lowest BCUT2D eigenvalue weighted by atomic mass is 9.94. The zero-order chi connectivity index (χ0) is 15.0. The first kappa shape index (κ1) is 15.1. The molecule has 1 aromatic heterocycles. The number of furan rings is 1. The van der Waals surface area contributed by atoms with Crippen LogP contribution in [0.15, 0.2) is 21.0 Å². The Hall–Kier alpha value is -1.26. The van der Waals surface area contributed by atoms with E-state index in [2.05, 4.69) is 15.9 Å². The van der Waals surface area contributed by atoms with E-state index in [1.807, 2.05) is 39.8 Å². The summed E-state index contributed by atoms with van der Waals surface area (Å²) in [5, 5.41) is 10.8. The first-order valence-electron chi connectivity index (χ1n) is 6.45. The molecule has 0 aliphatic carbocycles. The Kier molecular flexibility index (Phi) is 4.25. The smallest absolute Gasteiger partial charge is 0.128 e. The third-order valence-electron chi connectivity index (χ3n) is 3.56. The molecule has 0 bridgehead atoms. The molecular formula is C16H19BrO3. The van der Waals surface area contributed by atoms with Crippen LogP contribution < -0.4 is 4.74 Å². The number of rotatable bonds is 3. The topological polar surface area (TPSA) is 42.6 Å². The molecule has 2 aromatic rings. The molecule has 4 heteroatoms. The summed E-state index contributed by atoms with van der Waals surface area (Å²) >= 11 is 3.53. The summed E-state index contributed by atoms with van der Waals surface area (Å²) < 4.78 is 12.0. The van der Waals surface area contributed by atoms with Gasteiger partial charge in [-0.05, 0) is 51.0 Å². The predicted molar refractivity (Wildman–Crippen MR) is 82.4 cm³/mol. The summed E-state index contributed by atoms with van der Waals surface area (Å²) in [5.74, 6) is 2.24. The lowest BCUT2D eigenvalue weighted by Crippen LogP contribution is -2.07.